The van der Waals surface area contributed by atoms with Crippen LogP contribution in [-0.4, -0.2) is 40.1 Å². The second-order valence-corrected chi connectivity index (χ2v) is 13.1. The fourth-order valence-electron chi connectivity index (χ4n) is 6.28. The van der Waals surface area contributed by atoms with E-state index in [1.165, 1.54) is 12.8 Å². The summed E-state index contributed by atoms with van der Waals surface area (Å²) in [5.41, 5.74) is 3.56. The van der Waals surface area contributed by atoms with Gasteiger partial charge in [-0.25, -0.2) is 9.78 Å². The Bertz CT molecular complexity index is 1590. The number of carbonyl (C=O) groups excluding carboxylic acids is 3. The highest BCUT2D eigenvalue weighted by atomic mass is 16.5. The summed E-state index contributed by atoms with van der Waals surface area (Å²) >= 11 is 0. The van der Waals surface area contributed by atoms with E-state index in [1.807, 2.05) is 97.3 Å². The van der Waals surface area contributed by atoms with Crippen molar-refractivity contribution in [1.82, 2.24) is 20.2 Å². The van der Waals surface area contributed by atoms with Gasteiger partial charge in [0.15, 0.2) is 0 Å². The minimum atomic E-state index is -0.830. The molecule has 2 N–H and O–H groups in total. The highest BCUT2D eigenvalue weighted by molar-refractivity contribution is 5.86. The van der Waals surface area contributed by atoms with E-state index in [0.29, 0.717) is 38.3 Å². The molecule has 3 aromatic carbocycles. The predicted octanol–water partition coefficient (Wildman–Crippen LogP) is 6.97. The topological polar surface area (TPSA) is 112 Å². The molecule has 2 amide bonds. The number of nitrogens with zero attached hydrogens (tertiary/aromatic N) is 2. The molecule has 0 spiro atoms. The van der Waals surface area contributed by atoms with Gasteiger partial charge in [0.25, 0.3) is 0 Å². The maximum Gasteiger partial charge on any atom is 0.408 e. The van der Waals surface area contributed by atoms with Crippen molar-refractivity contribution in [2.75, 3.05) is 6.54 Å². The second kappa shape index (κ2) is 18.6. The van der Waals surface area contributed by atoms with Gasteiger partial charge < -0.3 is 24.7 Å². The van der Waals surface area contributed by atoms with Gasteiger partial charge >= 0.3 is 12.1 Å². The van der Waals surface area contributed by atoms with Crippen LogP contribution in [0.1, 0.15) is 73.9 Å². The summed E-state index contributed by atoms with van der Waals surface area (Å²) in [5, 5.41) is 5.71. The van der Waals surface area contributed by atoms with Gasteiger partial charge in [0, 0.05) is 31.6 Å². The Morgan fingerprint density at radius 2 is 1.39 bits per heavy atom. The van der Waals surface area contributed by atoms with Crippen LogP contribution in [0.2, 0.25) is 0 Å². The number of rotatable bonds is 16. The number of benzene rings is 3. The van der Waals surface area contributed by atoms with E-state index < -0.39 is 18.1 Å². The summed E-state index contributed by atoms with van der Waals surface area (Å²) in [6.07, 6.45) is 9.87. The van der Waals surface area contributed by atoms with Crippen molar-refractivity contribution in [3.8, 4) is 0 Å². The Balaban J connectivity index is 1.17. The van der Waals surface area contributed by atoms with Gasteiger partial charge in [-0.1, -0.05) is 97.9 Å². The number of aromatic nitrogens is 2. The van der Waals surface area contributed by atoms with E-state index in [4.69, 9.17) is 9.47 Å². The lowest BCUT2D eigenvalue weighted by Gasteiger charge is -2.26. The SMILES string of the molecule is CC1CCC(n2cnc(CC(CCCNC(=O)[C@H](Cc3ccccc3)NC(=O)OCc3ccccc3)C(=O)OCc3ccccc3)c2)CC1. The quantitative estimate of drug-likeness (QED) is 0.0989. The lowest BCUT2D eigenvalue weighted by atomic mass is 9.87. The van der Waals surface area contributed by atoms with E-state index in [2.05, 4.69) is 33.3 Å². The molecule has 1 aliphatic rings. The first-order chi connectivity index (χ1) is 23.9. The normalized spacial score (nSPS) is 17.0. The summed E-state index contributed by atoms with van der Waals surface area (Å²) in [6.45, 7) is 2.95. The third-order valence-corrected chi connectivity index (χ3v) is 9.21. The molecular formula is C40H48N4O5. The molecule has 9 nitrogen and oxygen atoms in total. The smallest absolute Gasteiger partial charge is 0.408 e. The van der Waals surface area contributed by atoms with Gasteiger partial charge in [0.05, 0.1) is 17.9 Å². The van der Waals surface area contributed by atoms with Crippen LogP contribution < -0.4 is 10.6 Å². The summed E-state index contributed by atoms with van der Waals surface area (Å²) in [6, 6.07) is 28.2. The maximum absolute atomic E-state index is 13.4. The van der Waals surface area contributed by atoms with Crippen molar-refractivity contribution < 1.29 is 23.9 Å². The Morgan fingerprint density at radius 3 is 2.02 bits per heavy atom. The zero-order valence-corrected chi connectivity index (χ0v) is 28.3. The summed E-state index contributed by atoms with van der Waals surface area (Å²) in [4.78, 5) is 44.1. The van der Waals surface area contributed by atoms with E-state index in [-0.39, 0.29) is 25.1 Å². The average molecular weight is 665 g/mol. The van der Waals surface area contributed by atoms with Crippen LogP contribution >= 0.6 is 0 Å². The maximum atomic E-state index is 13.4. The van der Waals surface area contributed by atoms with Crippen molar-refractivity contribution in [1.29, 1.82) is 0 Å². The number of hydrogen-bond acceptors (Lipinski definition) is 6. The number of alkyl carbamates (subject to hydrolysis) is 1. The molecule has 0 saturated heterocycles. The van der Waals surface area contributed by atoms with Crippen molar-refractivity contribution in [2.45, 2.75) is 83.6 Å². The molecule has 0 bridgehead atoms. The number of imidazole rings is 1. The molecule has 49 heavy (non-hydrogen) atoms. The summed E-state index contributed by atoms with van der Waals surface area (Å²) in [5.74, 6) is -0.242. The zero-order valence-electron chi connectivity index (χ0n) is 28.3. The molecule has 1 unspecified atom stereocenters. The number of esters is 1. The molecule has 9 heteroatoms. The van der Waals surface area contributed by atoms with Crippen LogP contribution in [0.3, 0.4) is 0 Å². The molecule has 4 aromatic rings. The summed E-state index contributed by atoms with van der Waals surface area (Å²) in [7, 11) is 0. The molecule has 2 atom stereocenters. The first kappa shape index (κ1) is 35.4. The highest BCUT2D eigenvalue weighted by Crippen LogP contribution is 2.32. The van der Waals surface area contributed by atoms with Gasteiger partial charge in [0.2, 0.25) is 5.91 Å². The monoisotopic (exact) mass is 664 g/mol. The average Bonchev–Trinajstić information content (AvgIpc) is 3.60. The van der Waals surface area contributed by atoms with Gasteiger partial charge in [-0.05, 0) is 61.1 Å². The van der Waals surface area contributed by atoms with Gasteiger partial charge in [-0.15, -0.1) is 0 Å². The summed E-state index contributed by atoms with van der Waals surface area (Å²) < 4.78 is 13.4. The van der Waals surface area contributed by atoms with Crippen LogP contribution in [0, 0.1) is 11.8 Å². The van der Waals surface area contributed by atoms with Crippen molar-refractivity contribution in [3.63, 3.8) is 0 Å². The number of carbonyl (C=O) groups is 3. The minimum Gasteiger partial charge on any atom is -0.461 e. The van der Waals surface area contributed by atoms with Crippen LogP contribution in [0.15, 0.2) is 104 Å². The van der Waals surface area contributed by atoms with Crippen molar-refractivity contribution in [2.24, 2.45) is 11.8 Å². The third kappa shape index (κ3) is 11.6. The molecule has 0 aliphatic heterocycles. The lowest BCUT2D eigenvalue weighted by Crippen LogP contribution is -2.48. The second-order valence-electron chi connectivity index (χ2n) is 13.1. The van der Waals surface area contributed by atoms with Gasteiger partial charge in [-0.2, -0.15) is 0 Å². The number of hydrogen-bond donors (Lipinski definition) is 2. The van der Waals surface area contributed by atoms with Crippen LogP contribution in [-0.2, 0) is 45.1 Å². The largest absolute Gasteiger partial charge is 0.461 e. The molecule has 5 rings (SSSR count). The Hall–Kier alpha value is -4.92. The highest BCUT2D eigenvalue weighted by Gasteiger charge is 2.25. The molecule has 1 aliphatic carbocycles. The predicted molar refractivity (Wildman–Crippen MR) is 188 cm³/mol. The van der Waals surface area contributed by atoms with Crippen LogP contribution in [0.4, 0.5) is 4.79 Å². The number of amides is 2. The number of ether oxygens (including phenoxy) is 2. The van der Waals surface area contributed by atoms with Crippen molar-refractivity contribution >= 4 is 18.0 Å². The lowest BCUT2D eigenvalue weighted by molar-refractivity contribution is -0.150. The van der Waals surface area contributed by atoms with Crippen molar-refractivity contribution in [3.05, 3.63) is 126 Å². The van der Waals surface area contributed by atoms with E-state index in [0.717, 1.165) is 41.1 Å². The zero-order chi connectivity index (χ0) is 34.3. The first-order valence-corrected chi connectivity index (χ1v) is 17.4. The molecule has 258 valence electrons. The Kier molecular flexibility index (Phi) is 13.4. The van der Waals surface area contributed by atoms with Crippen LogP contribution in [0.5, 0.6) is 0 Å². The van der Waals surface area contributed by atoms with Crippen LogP contribution in [0.25, 0.3) is 0 Å². The first-order valence-electron chi connectivity index (χ1n) is 17.4. The fourth-order valence-corrected chi connectivity index (χ4v) is 6.28. The van der Waals surface area contributed by atoms with E-state index in [1.54, 1.807) is 0 Å². The Morgan fingerprint density at radius 1 is 0.796 bits per heavy atom. The Labute approximate surface area is 289 Å². The minimum absolute atomic E-state index is 0.103. The molecule has 0 radical (unpaired) electrons. The van der Waals surface area contributed by atoms with Gasteiger partial charge in [0.1, 0.15) is 19.3 Å². The van der Waals surface area contributed by atoms with Gasteiger partial charge in [-0.3, -0.25) is 9.59 Å². The van der Waals surface area contributed by atoms with E-state index in [9.17, 15) is 14.4 Å². The molecule has 1 saturated carbocycles. The number of nitrogens with one attached hydrogen (secondary N) is 2. The van der Waals surface area contributed by atoms with E-state index >= 15 is 0 Å². The molecular weight excluding hydrogens is 616 g/mol. The molecule has 1 heterocycles. The third-order valence-electron chi connectivity index (χ3n) is 9.21. The molecule has 1 aromatic heterocycles. The standard InChI is InChI=1S/C40H48N4O5/c1-30-19-21-36(22-20-30)44-26-35(42-29-44)25-34(39(46)48-27-32-14-7-3-8-15-32)18-11-23-41-38(45)37(24-31-12-5-2-6-13-31)43-40(47)49-28-33-16-9-4-10-17-33/h2-10,12-17,26,29-30,34,36-37H,11,18-25,27-28H2,1H3,(H,41,45)(H,43,47)/t30?,34?,36?,37-/m0/s1. The fraction of sp³-hybridized carbons (Fsp3) is 0.400. The molecule has 1 fully saturated rings.